The average Bonchev–Trinajstić information content (AvgIpc) is 2.49. The number of aryl methyl sites for hydroxylation is 1. The minimum Gasteiger partial charge on any atom is -0.486 e. The highest BCUT2D eigenvalue weighted by atomic mass is 16.6. The summed E-state index contributed by atoms with van der Waals surface area (Å²) in [4.78, 5) is 27.0. The second-order valence-electron chi connectivity index (χ2n) is 7.00. The number of fused-ring (bicyclic) bond motifs is 2. The number of carbonyl (C=O) groups excluding carboxylic acids is 1. The highest BCUT2D eigenvalue weighted by Gasteiger charge is 2.16. The van der Waals surface area contributed by atoms with Crippen LogP contribution in [-0.2, 0) is 11.2 Å². The largest absolute Gasteiger partial charge is 0.486 e. The molecule has 0 unspecified atom stereocenters. The molecule has 0 spiro atoms. The molecule has 128 valence electrons. The number of amides is 1. The Bertz CT molecular complexity index is 833. The second-order valence-corrected chi connectivity index (χ2v) is 7.00. The number of rotatable bonds is 3. The van der Waals surface area contributed by atoms with E-state index >= 15 is 0 Å². The van der Waals surface area contributed by atoms with Crippen molar-refractivity contribution in [2.45, 2.75) is 39.2 Å². The lowest BCUT2D eigenvalue weighted by molar-refractivity contribution is -0.122. The van der Waals surface area contributed by atoms with Crippen LogP contribution in [0.4, 0.5) is 0 Å². The van der Waals surface area contributed by atoms with Crippen LogP contribution in [0, 0.1) is 0 Å². The molecule has 24 heavy (non-hydrogen) atoms. The molecule has 2 aromatic rings. The van der Waals surface area contributed by atoms with Gasteiger partial charge in [-0.3, -0.25) is 9.59 Å². The van der Waals surface area contributed by atoms with E-state index in [1.54, 1.807) is 6.07 Å². The first-order chi connectivity index (χ1) is 11.3. The Morgan fingerprint density at radius 3 is 2.50 bits per heavy atom. The number of hydrogen-bond donors (Lipinski definition) is 2. The number of aromatic nitrogens is 1. The van der Waals surface area contributed by atoms with Gasteiger partial charge in [0, 0.05) is 29.0 Å². The summed E-state index contributed by atoms with van der Waals surface area (Å²) >= 11 is 0. The van der Waals surface area contributed by atoms with Crippen LogP contribution in [0.2, 0.25) is 0 Å². The lowest BCUT2D eigenvalue weighted by Crippen LogP contribution is -2.40. The van der Waals surface area contributed by atoms with E-state index in [-0.39, 0.29) is 23.4 Å². The molecule has 3 rings (SSSR count). The molecule has 0 saturated heterocycles. The minimum absolute atomic E-state index is 0.0656. The molecule has 2 heterocycles. The summed E-state index contributed by atoms with van der Waals surface area (Å²) in [5.74, 6) is 1.25. The first kappa shape index (κ1) is 16.4. The summed E-state index contributed by atoms with van der Waals surface area (Å²) in [6, 6.07) is 5.45. The van der Waals surface area contributed by atoms with Gasteiger partial charge >= 0.3 is 0 Å². The number of aromatic amines is 1. The van der Waals surface area contributed by atoms with Crippen LogP contribution in [0.1, 0.15) is 32.8 Å². The molecule has 1 aliphatic heterocycles. The number of pyridine rings is 1. The Balaban J connectivity index is 1.82. The van der Waals surface area contributed by atoms with E-state index in [9.17, 15) is 9.59 Å². The Labute approximate surface area is 140 Å². The van der Waals surface area contributed by atoms with E-state index in [2.05, 4.69) is 10.3 Å². The third kappa shape index (κ3) is 3.69. The second kappa shape index (κ2) is 6.19. The van der Waals surface area contributed by atoms with Gasteiger partial charge in [0.15, 0.2) is 11.5 Å². The van der Waals surface area contributed by atoms with Crippen LogP contribution >= 0.6 is 0 Å². The third-order valence-corrected chi connectivity index (χ3v) is 3.72. The number of ether oxygens (including phenoxy) is 2. The van der Waals surface area contributed by atoms with Crippen molar-refractivity contribution in [2.24, 2.45) is 0 Å². The van der Waals surface area contributed by atoms with Gasteiger partial charge in [0.2, 0.25) is 5.91 Å². The van der Waals surface area contributed by atoms with Gasteiger partial charge in [-0.05, 0) is 39.3 Å². The highest BCUT2D eigenvalue weighted by molar-refractivity contribution is 5.83. The lowest BCUT2D eigenvalue weighted by Gasteiger charge is -2.20. The van der Waals surface area contributed by atoms with E-state index in [4.69, 9.17) is 9.47 Å². The molecule has 1 amide bonds. The van der Waals surface area contributed by atoms with Crippen molar-refractivity contribution in [3.63, 3.8) is 0 Å². The fraction of sp³-hybridized carbons (Fsp3) is 0.444. The van der Waals surface area contributed by atoms with Gasteiger partial charge in [-0.25, -0.2) is 0 Å². The van der Waals surface area contributed by atoms with Crippen molar-refractivity contribution < 1.29 is 14.3 Å². The SMILES string of the molecule is CC(C)(C)NC(=O)CCc1cc2cc3c(cc2[nH]c1=O)OCCO3. The Kier molecular flexibility index (Phi) is 4.22. The Morgan fingerprint density at radius 2 is 1.83 bits per heavy atom. The van der Waals surface area contributed by atoms with Crippen LogP contribution in [-0.4, -0.2) is 29.6 Å². The summed E-state index contributed by atoms with van der Waals surface area (Å²) in [6.07, 6.45) is 0.665. The van der Waals surface area contributed by atoms with Crippen LogP contribution in [0.3, 0.4) is 0 Å². The molecule has 0 saturated carbocycles. The molecule has 0 aliphatic carbocycles. The highest BCUT2D eigenvalue weighted by Crippen LogP contribution is 2.33. The number of benzene rings is 1. The van der Waals surface area contributed by atoms with Gasteiger partial charge in [0.25, 0.3) is 5.56 Å². The summed E-state index contributed by atoms with van der Waals surface area (Å²) < 4.78 is 11.1. The van der Waals surface area contributed by atoms with E-state index in [1.807, 2.05) is 32.9 Å². The molecule has 1 aromatic heterocycles. The molecule has 6 heteroatoms. The first-order valence-electron chi connectivity index (χ1n) is 8.08. The maximum absolute atomic E-state index is 12.2. The monoisotopic (exact) mass is 330 g/mol. The number of carbonyl (C=O) groups is 1. The minimum atomic E-state index is -0.275. The van der Waals surface area contributed by atoms with Crippen molar-refractivity contribution in [3.05, 3.63) is 34.1 Å². The molecule has 0 radical (unpaired) electrons. The van der Waals surface area contributed by atoms with E-state index in [0.717, 1.165) is 5.39 Å². The molecule has 0 bridgehead atoms. The molecule has 1 aromatic carbocycles. The summed E-state index contributed by atoms with van der Waals surface area (Å²) in [7, 11) is 0. The topological polar surface area (TPSA) is 80.4 Å². The smallest absolute Gasteiger partial charge is 0.251 e. The Hall–Kier alpha value is -2.50. The fourth-order valence-corrected chi connectivity index (χ4v) is 2.70. The molecule has 1 aliphatic rings. The molecule has 2 N–H and O–H groups in total. The van der Waals surface area contributed by atoms with Crippen LogP contribution < -0.4 is 20.3 Å². The maximum atomic E-state index is 12.2. The first-order valence-corrected chi connectivity index (χ1v) is 8.08. The fourth-order valence-electron chi connectivity index (χ4n) is 2.70. The van der Waals surface area contributed by atoms with Crippen molar-refractivity contribution >= 4 is 16.8 Å². The lowest BCUT2D eigenvalue weighted by atomic mass is 10.1. The van der Waals surface area contributed by atoms with Crippen molar-refractivity contribution in [1.29, 1.82) is 0 Å². The predicted molar refractivity (Wildman–Crippen MR) is 91.8 cm³/mol. The van der Waals surface area contributed by atoms with Crippen LogP contribution in [0.5, 0.6) is 11.5 Å². The quantitative estimate of drug-likeness (QED) is 0.903. The predicted octanol–water partition coefficient (Wildman–Crippen LogP) is 2.15. The number of H-pyrrole nitrogens is 1. The number of hydrogen-bond acceptors (Lipinski definition) is 4. The number of nitrogens with one attached hydrogen (secondary N) is 2. The standard InChI is InChI=1S/C18H22N2O4/c1-18(2,3)20-16(21)5-4-11-8-12-9-14-15(24-7-6-23-14)10-13(12)19-17(11)22/h8-10H,4-7H2,1-3H3,(H,19,22)(H,20,21). The molecule has 0 fully saturated rings. The molecule has 6 nitrogen and oxygen atoms in total. The van der Waals surface area contributed by atoms with E-state index in [0.29, 0.717) is 42.2 Å². The van der Waals surface area contributed by atoms with Crippen molar-refractivity contribution in [1.82, 2.24) is 10.3 Å². The van der Waals surface area contributed by atoms with Gasteiger partial charge in [0.1, 0.15) is 13.2 Å². The zero-order chi connectivity index (χ0) is 17.3. The van der Waals surface area contributed by atoms with Gasteiger partial charge in [-0.1, -0.05) is 0 Å². The zero-order valence-electron chi connectivity index (χ0n) is 14.2. The maximum Gasteiger partial charge on any atom is 0.251 e. The molecular formula is C18H22N2O4. The van der Waals surface area contributed by atoms with Gasteiger partial charge in [0.05, 0.1) is 5.52 Å². The zero-order valence-corrected chi connectivity index (χ0v) is 14.2. The van der Waals surface area contributed by atoms with Crippen LogP contribution in [0.25, 0.3) is 10.9 Å². The summed E-state index contributed by atoms with van der Waals surface area (Å²) in [5.41, 5.74) is 0.835. The van der Waals surface area contributed by atoms with Gasteiger partial charge in [-0.2, -0.15) is 0 Å². The summed E-state index contributed by atoms with van der Waals surface area (Å²) in [5, 5.41) is 3.77. The van der Waals surface area contributed by atoms with Crippen molar-refractivity contribution in [2.75, 3.05) is 13.2 Å². The summed E-state index contributed by atoms with van der Waals surface area (Å²) in [6.45, 7) is 6.81. The van der Waals surface area contributed by atoms with Gasteiger partial charge < -0.3 is 19.8 Å². The van der Waals surface area contributed by atoms with Crippen molar-refractivity contribution in [3.8, 4) is 11.5 Å². The molecule has 0 atom stereocenters. The van der Waals surface area contributed by atoms with E-state index < -0.39 is 0 Å². The molecular weight excluding hydrogens is 308 g/mol. The third-order valence-electron chi connectivity index (χ3n) is 3.72. The average molecular weight is 330 g/mol. The van der Waals surface area contributed by atoms with Gasteiger partial charge in [-0.15, -0.1) is 0 Å². The van der Waals surface area contributed by atoms with E-state index in [1.165, 1.54) is 0 Å². The Morgan fingerprint density at radius 1 is 1.17 bits per heavy atom. The normalized spacial score (nSPS) is 13.8. The van der Waals surface area contributed by atoms with Crippen LogP contribution in [0.15, 0.2) is 23.0 Å².